The maximum Gasteiger partial charge on any atom is 0.254 e. The Morgan fingerprint density at radius 1 is 1.09 bits per heavy atom. The van der Waals surface area contributed by atoms with Gasteiger partial charge in [-0.05, 0) is 31.3 Å². The summed E-state index contributed by atoms with van der Waals surface area (Å²) in [7, 11) is 3.75. The molecule has 0 aliphatic carbocycles. The predicted molar refractivity (Wildman–Crippen MR) is 130 cm³/mol. The van der Waals surface area contributed by atoms with Crippen molar-refractivity contribution in [2.24, 2.45) is 0 Å². The lowest BCUT2D eigenvalue weighted by Crippen LogP contribution is -2.45. The van der Waals surface area contributed by atoms with Crippen molar-refractivity contribution in [1.82, 2.24) is 15.0 Å². The van der Waals surface area contributed by atoms with Gasteiger partial charge in [0, 0.05) is 56.0 Å². The molecule has 2 heterocycles. The normalized spacial score (nSPS) is 14.5. The summed E-state index contributed by atoms with van der Waals surface area (Å²) in [5, 5.41) is 5.04. The van der Waals surface area contributed by atoms with Gasteiger partial charge in [-0.3, -0.25) is 4.79 Å². The summed E-state index contributed by atoms with van der Waals surface area (Å²) < 4.78 is 11.2. The van der Waals surface area contributed by atoms with Crippen molar-refractivity contribution < 1.29 is 14.1 Å². The van der Waals surface area contributed by atoms with E-state index in [1.54, 1.807) is 36.3 Å². The summed E-state index contributed by atoms with van der Waals surface area (Å²) in [5.74, 6) is 0.640. The average Bonchev–Trinajstić information content (AvgIpc) is 3.26. The van der Waals surface area contributed by atoms with Gasteiger partial charge in [0.15, 0.2) is 0 Å². The molecule has 1 aliphatic heterocycles. The van der Waals surface area contributed by atoms with E-state index in [1.807, 2.05) is 30.3 Å². The van der Waals surface area contributed by atoms with Crippen LogP contribution in [0.15, 0.2) is 59.1 Å². The monoisotopic (exact) mass is 468 g/mol. The fourth-order valence-corrected chi connectivity index (χ4v) is 4.07. The fourth-order valence-electron chi connectivity index (χ4n) is 3.94. The molecule has 1 amide bonds. The first kappa shape index (κ1) is 23.3. The number of hydrogen-bond donors (Lipinski definition) is 0. The molecule has 0 bridgehead atoms. The van der Waals surface area contributed by atoms with Gasteiger partial charge < -0.3 is 24.0 Å². The van der Waals surface area contributed by atoms with Crippen LogP contribution in [0, 0.1) is 0 Å². The number of amides is 1. The van der Waals surface area contributed by atoms with E-state index in [0.29, 0.717) is 30.3 Å². The van der Waals surface area contributed by atoms with Crippen molar-refractivity contribution in [1.29, 1.82) is 0 Å². The third kappa shape index (κ3) is 5.55. The topological polar surface area (TPSA) is 62.1 Å². The van der Waals surface area contributed by atoms with Crippen molar-refractivity contribution in [3.63, 3.8) is 0 Å². The van der Waals surface area contributed by atoms with Gasteiger partial charge in [0.2, 0.25) is 5.88 Å². The van der Waals surface area contributed by atoms with Crippen LogP contribution in [0.25, 0.3) is 11.3 Å². The zero-order valence-corrected chi connectivity index (χ0v) is 19.8. The molecule has 174 valence electrons. The fraction of sp³-hybridized carbons (Fsp3) is 0.360. The molecule has 1 aliphatic rings. The Bertz CT molecular complexity index is 1050. The van der Waals surface area contributed by atoms with Gasteiger partial charge in [-0.15, -0.1) is 0 Å². The van der Waals surface area contributed by atoms with E-state index in [-0.39, 0.29) is 5.91 Å². The van der Waals surface area contributed by atoms with Crippen LogP contribution in [-0.2, 0) is 11.3 Å². The highest BCUT2D eigenvalue weighted by molar-refractivity contribution is 6.30. The summed E-state index contributed by atoms with van der Waals surface area (Å²) >= 11 is 6.03. The van der Waals surface area contributed by atoms with Crippen molar-refractivity contribution in [3.8, 4) is 11.3 Å². The number of benzene rings is 2. The zero-order valence-electron chi connectivity index (χ0n) is 19.0. The van der Waals surface area contributed by atoms with E-state index >= 15 is 0 Å². The van der Waals surface area contributed by atoms with Crippen LogP contribution >= 0.6 is 11.6 Å². The largest absolute Gasteiger partial charge is 0.383 e. The molecule has 4 rings (SSSR count). The van der Waals surface area contributed by atoms with Crippen LogP contribution in [-0.4, -0.2) is 74.4 Å². The minimum Gasteiger partial charge on any atom is -0.383 e. The molecule has 0 spiro atoms. The van der Waals surface area contributed by atoms with Gasteiger partial charge >= 0.3 is 0 Å². The highest BCUT2D eigenvalue weighted by Gasteiger charge is 2.28. The second kappa shape index (κ2) is 10.8. The molecule has 0 unspecified atom stereocenters. The molecule has 2 aromatic carbocycles. The van der Waals surface area contributed by atoms with E-state index in [0.717, 1.165) is 48.9 Å². The Morgan fingerprint density at radius 3 is 2.45 bits per heavy atom. The Kier molecular flexibility index (Phi) is 7.65. The quantitative estimate of drug-likeness (QED) is 0.497. The van der Waals surface area contributed by atoms with Gasteiger partial charge in [0.05, 0.1) is 18.7 Å². The van der Waals surface area contributed by atoms with Crippen molar-refractivity contribution in [2.45, 2.75) is 6.54 Å². The number of piperazine rings is 1. The molecule has 1 fully saturated rings. The third-order valence-corrected chi connectivity index (χ3v) is 6.15. The number of halogens is 1. The van der Waals surface area contributed by atoms with Crippen LogP contribution in [0.5, 0.6) is 0 Å². The molecular weight excluding hydrogens is 440 g/mol. The van der Waals surface area contributed by atoms with E-state index in [9.17, 15) is 4.79 Å². The number of methoxy groups -OCH3 is 1. The maximum atomic E-state index is 13.4. The van der Waals surface area contributed by atoms with E-state index in [1.165, 1.54) is 0 Å². The second-order valence-electron chi connectivity index (χ2n) is 8.20. The molecule has 1 saturated heterocycles. The molecule has 0 atom stereocenters. The molecule has 33 heavy (non-hydrogen) atoms. The smallest absolute Gasteiger partial charge is 0.254 e. The zero-order chi connectivity index (χ0) is 23.2. The Balaban J connectivity index is 1.69. The highest BCUT2D eigenvalue weighted by atomic mass is 35.5. The van der Waals surface area contributed by atoms with E-state index < -0.39 is 0 Å². The number of carbonyl (C=O) groups is 1. The van der Waals surface area contributed by atoms with Crippen LogP contribution in [0.2, 0.25) is 5.02 Å². The number of aromatic nitrogens is 1. The number of likely N-dealkylation sites (N-methyl/N-ethyl adjacent to an activating group) is 1. The molecule has 0 radical (unpaired) electrons. The second-order valence-corrected chi connectivity index (χ2v) is 8.63. The minimum atomic E-state index is -0.0896. The first-order valence-electron chi connectivity index (χ1n) is 11.1. The number of nitrogens with zero attached hydrogens (tertiary/aromatic N) is 4. The standard InChI is InChI=1S/C25H29ClN4O3/c1-28-12-14-29(15-13-28)25-22(23(27-33-25)19-6-4-3-5-7-19)18-30(16-17-32-2)24(31)20-8-10-21(26)11-9-20/h3-11H,12-18H2,1-2H3. The summed E-state index contributed by atoms with van der Waals surface area (Å²) in [6.45, 7) is 4.80. The van der Waals surface area contributed by atoms with Crippen LogP contribution in [0.4, 0.5) is 5.88 Å². The van der Waals surface area contributed by atoms with Crippen LogP contribution in [0.3, 0.4) is 0 Å². The number of ether oxygens (including phenoxy) is 1. The van der Waals surface area contributed by atoms with Crippen molar-refractivity contribution in [2.75, 3.05) is 58.4 Å². The number of rotatable bonds is 8. The summed E-state index contributed by atoms with van der Waals surface area (Å²) in [5.41, 5.74) is 3.21. The Labute approximate surface area is 199 Å². The molecular formula is C25H29ClN4O3. The molecule has 7 nitrogen and oxygen atoms in total. The van der Waals surface area contributed by atoms with Crippen molar-refractivity contribution >= 4 is 23.4 Å². The van der Waals surface area contributed by atoms with Crippen molar-refractivity contribution in [3.05, 3.63) is 70.7 Å². The van der Waals surface area contributed by atoms with Crippen LogP contribution < -0.4 is 4.90 Å². The van der Waals surface area contributed by atoms with Gasteiger partial charge in [-0.25, -0.2) is 0 Å². The van der Waals surface area contributed by atoms with Gasteiger partial charge in [-0.2, -0.15) is 0 Å². The first-order valence-corrected chi connectivity index (χ1v) is 11.5. The number of anilines is 1. The highest BCUT2D eigenvalue weighted by Crippen LogP contribution is 2.33. The van der Waals surface area contributed by atoms with Gasteiger partial charge in [-0.1, -0.05) is 47.1 Å². The van der Waals surface area contributed by atoms with Crippen LogP contribution in [0.1, 0.15) is 15.9 Å². The molecule has 0 N–H and O–H groups in total. The maximum absolute atomic E-state index is 13.4. The lowest BCUT2D eigenvalue weighted by molar-refractivity contribution is 0.0680. The van der Waals surface area contributed by atoms with Gasteiger partial charge in [0.25, 0.3) is 5.91 Å². The minimum absolute atomic E-state index is 0.0896. The van der Waals surface area contributed by atoms with E-state index in [2.05, 4.69) is 22.0 Å². The SMILES string of the molecule is COCCN(Cc1c(-c2ccccc2)noc1N1CCN(C)CC1)C(=O)c1ccc(Cl)cc1. The number of carbonyl (C=O) groups excluding carboxylic acids is 1. The Morgan fingerprint density at radius 2 is 1.79 bits per heavy atom. The third-order valence-electron chi connectivity index (χ3n) is 5.90. The molecule has 0 saturated carbocycles. The average molecular weight is 469 g/mol. The summed E-state index contributed by atoms with van der Waals surface area (Å²) in [6, 6.07) is 16.9. The van der Waals surface area contributed by atoms with Gasteiger partial charge in [0.1, 0.15) is 5.69 Å². The number of hydrogen-bond acceptors (Lipinski definition) is 6. The molecule has 8 heteroatoms. The molecule has 3 aromatic rings. The summed E-state index contributed by atoms with van der Waals surface area (Å²) in [4.78, 5) is 19.7. The first-order chi connectivity index (χ1) is 16.1. The molecule has 1 aromatic heterocycles. The van der Waals surface area contributed by atoms with E-state index in [4.69, 9.17) is 20.9 Å². The Hall–Kier alpha value is -2.87. The summed E-state index contributed by atoms with van der Waals surface area (Å²) in [6.07, 6.45) is 0. The lowest BCUT2D eigenvalue weighted by atomic mass is 10.1. The lowest BCUT2D eigenvalue weighted by Gasteiger charge is -2.33. The predicted octanol–water partition coefficient (Wildman–Crippen LogP) is 4.04.